The summed E-state index contributed by atoms with van der Waals surface area (Å²) in [4.78, 5) is 14.9. The molecule has 0 aliphatic carbocycles. The van der Waals surface area contributed by atoms with Gasteiger partial charge in [-0.2, -0.15) is 13.1 Å². The van der Waals surface area contributed by atoms with Crippen LogP contribution in [0.5, 0.6) is 0 Å². The molecule has 0 bridgehead atoms. The third kappa shape index (κ3) is 3.22. The number of furan rings is 1. The molecular weight excluding hydrogens is 436 g/mol. The second-order valence-electron chi connectivity index (χ2n) is 7.59. The largest absolute Gasteiger partial charge is 0.450 e. The van der Waals surface area contributed by atoms with Crippen LogP contribution in [0.1, 0.15) is 21.7 Å². The quantitative estimate of drug-likeness (QED) is 0.470. The lowest BCUT2D eigenvalue weighted by Crippen LogP contribution is -2.50. The summed E-state index contributed by atoms with van der Waals surface area (Å²) in [5, 5.41) is 0.925. The van der Waals surface area contributed by atoms with E-state index in [1.165, 1.54) is 4.31 Å². The fourth-order valence-corrected chi connectivity index (χ4v) is 6.17. The molecule has 160 valence electrons. The lowest BCUT2D eigenvalue weighted by atomic mass is 10.1. The highest BCUT2D eigenvalue weighted by atomic mass is 32.2. The Morgan fingerprint density at radius 1 is 1.03 bits per heavy atom. The Morgan fingerprint density at radius 3 is 2.52 bits per heavy atom. The SMILES string of the molecule is Cc1c(C(=O)N2CCN(S(=O)(=O)c3cccc4nsnc34)CC2)oc2c(C)cccc12. The van der Waals surface area contributed by atoms with Crippen molar-refractivity contribution in [3.63, 3.8) is 0 Å². The first-order valence-electron chi connectivity index (χ1n) is 9.87. The maximum absolute atomic E-state index is 13.2. The summed E-state index contributed by atoms with van der Waals surface area (Å²) in [6.45, 7) is 4.82. The van der Waals surface area contributed by atoms with Gasteiger partial charge in [0.1, 0.15) is 21.5 Å². The number of hydrogen-bond donors (Lipinski definition) is 0. The van der Waals surface area contributed by atoms with Crippen molar-refractivity contribution in [3.05, 3.63) is 53.3 Å². The number of rotatable bonds is 3. The minimum atomic E-state index is -3.73. The number of fused-ring (bicyclic) bond motifs is 2. The Labute approximate surface area is 183 Å². The van der Waals surface area contributed by atoms with Gasteiger partial charge < -0.3 is 9.32 Å². The van der Waals surface area contributed by atoms with Gasteiger partial charge in [0, 0.05) is 37.1 Å². The number of sulfonamides is 1. The smallest absolute Gasteiger partial charge is 0.289 e. The van der Waals surface area contributed by atoms with Crippen LogP contribution in [0.25, 0.3) is 22.0 Å². The molecule has 2 aromatic carbocycles. The Balaban J connectivity index is 1.37. The summed E-state index contributed by atoms with van der Waals surface area (Å²) >= 11 is 0.989. The molecule has 2 aromatic heterocycles. The molecule has 0 saturated carbocycles. The van der Waals surface area contributed by atoms with Crippen LogP contribution in [0.4, 0.5) is 0 Å². The first-order chi connectivity index (χ1) is 14.9. The number of piperazine rings is 1. The molecule has 1 fully saturated rings. The van der Waals surface area contributed by atoms with E-state index >= 15 is 0 Å². The van der Waals surface area contributed by atoms with Gasteiger partial charge in [-0.1, -0.05) is 24.3 Å². The topological polar surface area (TPSA) is 96.6 Å². The predicted molar refractivity (Wildman–Crippen MR) is 118 cm³/mol. The zero-order valence-electron chi connectivity index (χ0n) is 17.0. The third-order valence-corrected chi connectivity index (χ3v) is 8.22. The molecule has 1 aliphatic rings. The highest BCUT2D eigenvalue weighted by molar-refractivity contribution is 7.89. The summed E-state index contributed by atoms with van der Waals surface area (Å²) in [5.41, 5.74) is 3.45. The number of benzene rings is 2. The predicted octanol–water partition coefficient (Wildman–Crippen LogP) is 3.20. The molecule has 1 amide bonds. The maximum atomic E-state index is 13.2. The molecular formula is C21H20N4O4S2. The molecule has 0 unspecified atom stereocenters. The number of aromatic nitrogens is 2. The normalized spacial score (nSPS) is 15.7. The van der Waals surface area contributed by atoms with Crippen molar-refractivity contribution in [1.29, 1.82) is 0 Å². The molecule has 31 heavy (non-hydrogen) atoms. The van der Waals surface area contributed by atoms with Crippen LogP contribution in [0.2, 0.25) is 0 Å². The van der Waals surface area contributed by atoms with Crippen LogP contribution < -0.4 is 0 Å². The first-order valence-corrected chi connectivity index (χ1v) is 12.0. The average molecular weight is 457 g/mol. The molecule has 1 aliphatic heterocycles. The molecule has 0 N–H and O–H groups in total. The van der Waals surface area contributed by atoms with Crippen LogP contribution in [-0.4, -0.2) is 58.5 Å². The molecule has 0 radical (unpaired) electrons. The van der Waals surface area contributed by atoms with Crippen LogP contribution in [-0.2, 0) is 10.0 Å². The van der Waals surface area contributed by atoms with E-state index in [0.29, 0.717) is 29.9 Å². The molecule has 4 aromatic rings. The van der Waals surface area contributed by atoms with E-state index < -0.39 is 10.0 Å². The van der Waals surface area contributed by atoms with Gasteiger partial charge in [-0.3, -0.25) is 4.79 Å². The summed E-state index contributed by atoms with van der Waals surface area (Å²) < 4.78 is 42.0. The highest BCUT2D eigenvalue weighted by Gasteiger charge is 2.33. The Hall–Kier alpha value is -2.82. The van der Waals surface area contributed by atoms with Crippen molar-refractivity contribution in [2.75, 3.05) is 26.2 Å². The number of amides is 1. The van der Waals surface area contributed by atoms with E-state index in [2.05, 4.69) is 8.75 Å². The number of aryl methyl sites for hydroxylation is 2. The molecule has 1 saturated heterocycles. The molecule has 3 heterocycles. The fourth-order valence-electron chi connectivity index (χ4n) is 3.99. The second-order valence-corrected chi connectivity index (χ2v) is 10.0. The highest BCUT2D eigenvalue weighted by Crippen LogP contribution is 2.29. The van der Waals surface area contributed by atoms with E-state index in [-0.39, 0.29) is 23.9 Å². The van der Waals surface area contributed by atoms with E-state index in [9.17, 15) is 13.2 Å². The van der Waals surface area contributed by atoms with Gasteiger partial charge in [0.2, 0.25) is 10.0 Å². The van der Waals surface area contributed by atoms with Crippen molar-refractivity contribution in [1.82, 2.24) is 18.0 Å². The maximum Gasteiger partial charge on any atom is 0.289 e. The van der Waals surface area contributed by atoms with Crippen molar-refractivity contribution in [2.45, 2.75) is 18.7 Å². The van der Waals surface area contributed by atoms with E-state index in [0.717, 1.165) is 33.8 Å². The van der Waals surface area contributed by atoms with Crippen LogP contribution in [0.15, 0.2) is 45.7 Å². The number of carbonyl (C=O) groups excluding carboxylic acids is 1. The zero-order chi connectivity index (χ0) is 21.8. The number of hydrogen-bond acceptors (Lipinski definition) is 7. The molecule has 8 nitrogen and oxygen atoms in total. The van der Waals surface area contributed by atoms with Crippen molar-refractivity contribution < 1.29 is 17.6 Å². The minimum absolute atomic E-state index is 0.155. The van der Waals surface area contributed by atoms with Gasteiger partial charge in [-0.25, -0.2) is 8.42 Å². The van der Waals surface area contributed by atoms with Crippen LogP contribution in [0.3, 0.4) is 0 Å². The Kier molecular flexibility index (Phi) is 4.80. The second kappa shape index (κ2) is 7.40. The van der Waals surface area contributed by atoms with E-state index in [1.807, 2.05) is 32.0 Å². The summed E-state index contributed by atoms with van der Waals surface area (Å²) in [7, 11) is -3.73. The van der Waals surface area contributed by atoms with Gasteiger partial charge in [-0.05, 0) is 31.5 Å². The molecule has 5 rings (SSSR count). The van der Waals surface area contributed by atoms with E-state index in [1.54, 1.807) is 23.1 Å². The summed E-state index contributed by atoms with van der Waals surface area (Å²) in [5.74, 6) is 0.106. The average Bonchev–Trinajstić information content (AvgIpc) is 3.39. The van der Waals surface area contributed by atoms with Crippen molar-refractivity contribution >= 4 is 49.7 Å². The Morgan fingerprint density at radius 2 is 1.77 bits per heavy atom. The molecule has 10 heteroatoms. The monoisotopic (exact) mass is 456 g/mol. The van der Waals surface area contributed by atoms with Crippen molar-refractivity contribution in [2.24, 2.45) is 0 Å². The van der Waals surface area contributed by atoms with E-state index in [4.69, 9.17) is 4.42 Å². The van der Waals surface area contributed by atoms with Gasteiger partial charge in [0.25, 0.3) is 5.91 Å². The zero-order valence-corrected chi connectivity index (χ0v) is 18.7. The van der Waals surface area contributed by atoms with Gasteiger partial charge >= 0.3 is 0 Å². The number of nitrogens with zero attached hydrogens (tertiary/aromatic N) is 4. The van der Waals surface area contributed by atoms with Gasteiger partial charge in [0.05, 0.1) is 11.7 Å². The number of carbonyl (C=O) groups is 1. The van der Waals surface area contributed by atoms with Gasteiger partial charge in [0.15, 0.2) is 5.76 Å². The van der Waals surface area contributed by atoms with Gasteiger partial charge in [-0.15, -0.1) is 0 Å². The summed E-state index contributed by atoms with van der Waals surface area (Å²) in [6, 6.07) is 10.8. The minimum Gasteiger partial charge on any atom is -0.450 e. The standard InChI is InChI=1S/C21H20N4O4S2/c1-13-5-3-6-15-14(2)20(29-19(13)15)21(26)24-9-11-25(12-10-24)31(27,28)17-8-4-7-16-18(17)23-30-22-16/h3-8H,9-12H2,1-2H3. The molecule has 0 spiro atoms. The van der Waals surface area contributed by atoms with Crippen LogP contribution >= 0.6 is 11.7 Å². The lowest BCUT2D eigenvalue weighted by Gasteiger charge is -2.33. The van der Waals surface area contributed by atoms with Crippen molar-refractivity contribution in [3.8, 4) is 0 Å². The Bertz CT molecular complexity index is 1420. The summed E-state index contributed by atoms with van der Waals surface area (Å²) in [6.07, 6.45) is 0. The van der Waals surface area contributed by atoms with Crippen LogP contribution in [0, 0.1) is 13.8 Å². The fraction of sp³-hybridized carbons (Fsp3) is 0.286. The lowest BCUT2D eigenvalue weighted by molar-refractivity contribution is 0.0667. The first kappa shape index (κ1) is 20.1. The third-order valence-electron chi connectivity index (χ3n) is 5.75. The number of para-hydroxylation sites is 1. The molecule has 0 atom stereocenters.